The van der Waals surface area contributed by atoms with Gasteiger partial charge in [-0.25, -0.2) is 0 Å². The van der Waals surface area contributed by atoms with E-state index in [1.807, 2.05) is 0 Å². The van der Waals surface area contributed by atoms with Crippen LogP contribution in [0, 0.1) is 0 Å². The lowest BCUT2D eigenvalue weighted by atomic mass is 10.0. The van der Waals surface area contributed by atoms with Gasteiger partial charge in [0.2, 0.25) is 0 Å². The van der Waals surface area contributed by atoms with Crippen molar-refractivity contribution in [3.05, 3.63) is 12.3 Å². The maximum absolute atomic E-state index is 11.8. The Morgan fingerprint density at radius 1 is 0.525 bits per heavy atom. The van der Waals surface area contributed by atoms with Crippen LogP contribution in [0.5, 0.6) is 0 Å². The first-order chi connectivity index (χ1) is 19.1. The van der Waals surface area contributed by atoms with Crippen molar-refractivity contribution >= 4 is 17.9 Å². The molecule has 0 bridgehead atoms. The Kier molecular flexibility index (Phi) is 23.1. The molecule has 0 aliphatic rings. The van der Waals surface area contributed by atoms with Gasteiger partial charge in [0.15, 0.2) is 0 Å². The zero-order chi connectivity index (χ0) is 30.2. The quantitative estimate of drug-likeness (QED) is 0.0351. The van der Waals surface area contributed by atoms with Gasteiger partial charge in [-0.2, -0.15) is 0 Å². The second kappa shape index (κ2) is 24.5. The average molecular weight is 581 g/mol. The zero-order valence-corrected chi connectivity index (χ0v) is 23.3. The van der Waals surface area contributed by atoms with E-state index in [4.69, 9.17) is 29.2 Å². The molecule has 13 nitrogen and oxygen atoms in total. The van der Waals surface area contributed by atoms with Crippen molar-refractivity contribution in [3.8, 4) is 0 Å². The number of aliphatic hydroxyl groups excluding tert-OH is 6. The molecular weight excluding hydrogens is 532 g/mol. The summed E-state index contributed by atoms with van der Waals surface area (Å²) >= 11 is 0. The van der Waals surface area contributed by atoms with Crippen LogP contribution >= 0.6 is 0 Å². The Morgan fingerprint density at radius 2 is 0.900 bits per heavy atom. The van der Waals surface area contributed by atoms with Crippen molar-refractivity contribution in [1.82, 2.24) is 0 Å². The smallest absolute Gasteiger partial charge is 0.305 e. The van der Waals surface area contributed by atoms with Crippen LogP contribution in [0.2, 0.25) is 0 Å². The molecule has 0 aromatic rings. The fraction of sp³-hybridized carbons (Fsp3) is 0.815. The Labute approximate surface area is 235 Å². The molecule has 40 heavy (non-hydrogen) atoms. The second-order valence-corrected chi connectivity index (χ2v) is 9.37. The summed E-state index contributed by atoms with van der Waals surface area (Å²) in [6, 6.07) is 0. The molecule has 0 saturated heterocycles. The summed E-state index contributed by atoms with van der Waals surface area (Å²) < 4.78 is 20.2. The number of hydrogen-bond acceptors (Lipinski definition) is 13. The van der Waals surface area contributed by atoms with Crippen molar-refractivity contribution in [2.24, 2.45) is 0 Å². The molecule has 0 aliphatic carbocycles. The highest BCUT2D eigenvalue weighted by atomic mass is 16.5. The van der Waals surface area contributed by atoms with Gasteiger partial charge >= 0.3 is 17.9 Å². The minimum absolute atomic E-state index is 0.0203. The Hall–Kier alpha value is -2.29. The first kappa shape index (κ1) is 37.7. The first-order valence-electron chi connectivity index (χ1n) is 13.8. The van der Waals surface area contributed by atoms with Gasteiger partial charge in [-0.05, 0) is 51.4 Å². The van der Waals surface area contributed by atoms with E-state index in [0.29, 0.717) is 63.5 Å². The number of rotatable bonds is 26. The fourth-order valence-electron chi connectivity index (χ4n) is 3.25. The predicted molar refractivity (Wildman–Crippen MR) is 142 cm³/mol. The number of ether oxygens (including phenoxy) is 4. The van der Waals surface area contributed by atoms with E-state index >= 15 is 0 Å². The van der Waals surface area contributed by atoms with E-state index in [-0.39, 0.29) is 51.7 Å². The van der Waals surface area contributed by atoms with E-state index in [0.717, 1.165) is 0 Å². The van der Waals surface area contributed by atoms with Crippen LogP contribution in [0.1, 0.15) is 77.0 Å². The van der Waals surface area contributed by atoms with Gasteiger partial charge in [-0.3, -0.25) is 14.4 Å². The number of unbranched alkanes of at least 4 members (excludes halogenated alkanes) is 4. The Bertz CT molecular complexity index is 642. The van der Waals surface area contributed by atoms with E-state index in [1.165, 1.54) is 0 Å². The number of carbonyl (C=O) groups is 3. The van der Waals surface area contributed by atoms with Gasteiger partial charge in [0, 0.05) is 38.9 Å². The number of allylic oxidation sites excluding steroid dienone is 1. The normalized spacial score (nSPS) is 14.1. The SMILES string of the molecule is C=C(CCCCC(=O)OCCCCO)OC[C@H](O)C(O)C(O)[C@H](O)COC(=O)CCCCC(=O)OCCCCO. The monoisotopic (exact) mass is 580 g/mol. The number of carbonyl (C=O) groups excluding carboxylic acids is 3. The second-order valence-electron chi connectivity index (χ2n) is 9.37. The highest BCUT2D eigenvalue weighted by molar-refractivity contribution is 5.70. The summed E-state index contributed by atoms with van der Waals surface area (Å²) in [7, 11) is 0. The molecular formula is C27H48O13. The number of aliphatic hydroxyl groups is 6. The minimum atomic E-state index is -1.82. The molecule has 0 amide bonds. The topological polar surface area (TPSA) is 210 Å². The van der Waals surface area contributed by atoms with Gasteiger partial charge in [-0.15, -0.1) is 0 Å². The van der Waals surface area contributed by atoms with Crippen molar-refractivity contribution in [3.63, 3.8) is 0 Å². The maximum atomic E-state index is 11.8. The minimum Gasteiger partial charge on any atom is -0.496 e. The van der Waals surface area contributed by atoms with Crippen LogP contribution in [0.25, 0.3) is 0 Å². The average Bonchev–Trinajstić information content (AvgIpc) is 2.94. The third-order valence-electron chi connectivity index (χ3n) is 5.74. The summed E-state index contributed by atoms with van der Waals surface area (Å²) in [5.74, 6) is -1.08. The summed E-state index contributed by atoms with van der Waals surface area (Å²) in [5.41, 5.74) is 0. The highest BCUT2D eigenvalue weighted by Crippen LogP contribution is 2.13. The van der Waals surface area contributed by atoms with Crippen LogP contribution in [0.3, 0.4) is 0 Å². The zero-order valence-electron chi connectivity index (χ0n) is 23.3. The Balaban J connectivity index is 4.01. The largest absolute Gasteiger partial charge is 0.496 e. The number of hydrogen-bond donors (Lipinski definition) is 6. The molecule has 0 rings (SSSR count). The molecule has 0 aromatic heterocycles. The van der Waals surface area contributed by atoms with Gasteiger partial charge in [-0.1, -0.05) is 6.58 Å². The molecule has 6 N–H and O–H groups in total. The summed E-state index contributed by atoms with van der Waals surface area (Å²) in [4.78, 5) is 34.9. The van der Waals surface area contributed by atoms with Crippen LogP contribution in [0.15, 0.2) is 12.3 Å². The summed E-state index contributed by atoms with van der Waals surface area (Å²) in [6.45, 7) is 3.29. The third kappa shape index (κ3) is 20.6. The van der Waals surface area contributed by atoms with Gasteiger partial charge in [0.1, 0.15) is 37.6 Å². The molecule has 0 aromatic carbocycles. The molecule has 0 heterocycles. The van der Waals surface area contributed by atoms with Crippen molar-refractivity contribution in [1.29, 1.82) is 0 Å². The van der Waals surface area contributed by atoms with Crippen molar-refractivity contribution < 1.29 is 64.0 Å². The fourth-order valence-corrected chi connectivity index (χ4v) is 3.25. The van der Waals surface area contributed by atoms with E-state index in [2.05, 4.69) is 6.58 Å². The van der Waals surface area contributed by atoms with E-state index < -0.39 is 49.6 Å². The molecule has 0 aliphatic heterocycles. The molecule has 0 saturated carbocycles. The number of esters is 3. The lowest BCUT2D eigenvalue weighted by Gasteiger charge is -2.26. The van der Waals surface area contributed by atoms with Crippen LogP contribution in [-0.4, -0.2) is 113 Å². The Morgan fingerprint density at radius 3 is 1.32 bits per heavy atom. The van der Waals surface area contributed by atoms with Gasteiger partial charge < -0.3 is 49.6 Å². The third-order valence-corrected chi connectivity index (χ3v) is 5.74. The van der Waals surface area contributed by atoms with Crippen molar-refractivity contribution in [2.45, 2.75) is 101 Å². The maximum Gasteiger partial charge on any atom is 0.305 e. The molecule has 0 spiro atoms. The van der Waals surface area contributed by atoms with Crippen LogP contribution in [0.4, 0.5) is 0 Å². The standard InChI is InChI=1S/C27H48O13/c1-20(10-2-3-11-23(32)37-16-8-6-14-28)39-18-21(30)26(35)27(36)22(31)19-40-25(34)13-5-4-12-24(33)38-17-9-7-15-29/h21-22,26-31,35-36H,1-19H2/t21-,22+,26?,27?/m0/s1. The summed E-state index contributed by atoms with van der Waals surface area (Å²) in [6.07, 6.45) is -1.93. The highest BCUT2D eigenvalue weighted by Gasteiger charge is 2.31. The lowest BCUT2D eigenvalue weighted by molar-refractivity contribution is -0.156. The first-order valence-corrected chi connectivity index (χ1v) is 13.8. The van der Waals surface area contributed by atoms with Gasteiger partial charge in [0.05, 0.1) is 19.0 Å². The molecule has 234 valence electrons. The molecule has 13 heteroatoms. The van der Waals surface area contributed by atoms with Crippen LogP contribution < -0.4 is 0 Å². The summed E-state index contributed by atoms with van der Waals surface area (Å²) in [5, 5.41) is 57.6. The molecule has 0 fully saturated rings. The van der Waals surface area contributed by atoms with Crippen LogP contribution in [-0.2, 0) is 33.3 Å². The van der Waals surface area contributed by atoms with Gasteiger partial charge in [0.25, 0.3) is 0 Å². The van der Waals surface area contributed by atoms with Crippen molar-refractivity contribution in [2.75, 3.05) is 39.6 Å². The van der Waals surface area contributed by atoms with E-state index in [1.54, 1.807) is 0 Å². The predicted octanol–water partition coefficient (Wildman–Crippen LogP) is 0.256. The molecule has 0 radical (unpaired) electrons. The molecule has 4 atom stereocenters. The molecule has 2 unspecified atom stereocenters. The van der Waals surface area contributed by atoms with E-state index in [9.17, 15) is 34.8 Å². The lowest BCUT2D eigenvalue weighted by Crippen LogP contribution is -2.47.